The molecule has 4 rings (SSSR count). The smallest absolute Gasteiger partial charge is 0.258 e. The van der Waals surface area contributed by atoms with Crippen LogP contribution in [0.3, 0.4) is 0 Å². The average molecular weight is 509 g/mol. The number of anilines is 2. The molecule has 192 valence electrons. The molecule has 1 N–H and O–H groups in total. The molecule has 0 radical (unpaired) electrons. The van der Waals surface area contributed by atoms with Gasteiger partial charge in [-0.05, 0) is 67.4 Å². The topological polar surface area (TPSA) is 60.0 Å². The van der Waals surface area contributed by atoms with Crippen molar-refractivity contribution in [3.8, 4) is 11.5 Å². The van der Waals surface area contributed by atoms with Gasteiger partial charge in [0.05, 0.1) is 20.3 Å². The van der Waals surface area contributed by atoms with E-state index in [1.165, 1.54) is 6.42 Å². The van der Waals surface area contributed by atoms with Gasteiger partial charge in [-0.2, -0.15) is 0 Å². The van der Waals surface area contributed by atoms with E-state index in [0.717, 1.165) is 42.6 Å². The maximum absolute atomic E-state index is 15.3. The SMILES string of the molecule is COc1ccc(OC)c([C@H](Nc2ccccc2)[P@@](=O)(OC2CCCCC2)c2ccc(N(C)C)cc2)c1. The lowest BCUT2D eigenvalue weighted by Crippen LogP contribution is -2.26. The fourth-order valence-electron chi connectivity index (χ4n) is 4.71. The minimum absolute atomic E-state index is 0.0604. The number of ether oxygens (including phenoxy) is 2. The zero-order valence-electron chi connectivity index (χ0n) is 21.6. The fourth-order valence-corrected chi connectivity index (χ4v) is 7.36. The summed E-state index contributed by atoms with van der Waals surface area (Å²) in [6, 6.07) is 23.3. The summed E-state index contributed by atoms with van der Waals surface area (Å²) in [5.41, 5.74) is 2.62. The van der Waals surface area contributed by atoms with Gasteiger partial charge in [-0.25, -0.2) is 0 Å². The van der Waals surface area contributed by atoms with Crippen LogP contribution in [0.2, 0.25) is 0 Å². The molecule has 3 aromatic carbocycles. The molecule has 1 fully saturated rings. The Kier molecular flexibility index (Phi) is 8.60. The number of nitrogens with zero attached hydrogens (tertiary/aromatic N) is 1. The Labute approximate surface area is 215 Å². The first-order valence-corrected chi connectivity index (χ1v) is 14.2. The number of hydrogen-bond donors (Lipinski definition) is 1. The second-order valence-corrected chi connectivity index (χ2v) is 11.8. The summed E-state index contributed by atoms with van der Waals surface area (Å²) in [4.78, 5) is 2.03. The van der Waals surface area contributed by atoms with E-state index < -0.39 is 13.2 Å². The summed E-state index contributed by atoms with van der Waals surface area (Å²) >= 11 is 0. The van der Waals surface area contributed by atoms with Crippen LogP contribution in [-0.2, 0) is 9.09 Å². The monoisotopic (exact) mass is 508 g/mol. The van der Waals surface area contributed by atoms with Crippen molar-refractivity contribution in [3.05, 3.63) is 78.4 Å². The standard InChI is InChI=1S/C29H37N2O4P/c1-31(2)23-15-18-26(19-16-23)36(32,35-24-13-9-6-10-14-24)29(30-22-11-7-5-8-12-22)27-21-25(33-3)17-20-28(27)34-4/h5,7-8,11-12,15-21,24,29-30H,6,9-10,13-14H2,1-4H3/t29-,36+/m1/s1. The van der Waals surface area contributed by atoms with Gasteiger partial charge in [-0.15, -0.1) is 0 Å². The summed E-state index contributed by atoms with van der Waals surface area (Å²) < 4.78 is 33.4. The molecule has 6 nitrogen and oxygen atoms in total. The molecule has 3 aromatic rings. The van der Waals surface area contributed by atoms with Crippen molar-refractivity contribution < 1.29 is 18.6 Å². The quantitative estimate of drug-likeness (QED) is 0.303. The molecule has 0 spiro atoms. The Morgan fingerprint density at radius 1 is 0.889 bits per heavy atom. The molecule has 36 heavy (non-hydrogen) atoms. The molecule has 0 bridgehead atoms. The molecule has 1 aliphatic carbocycles. The molecular formula is C29H37N2O4P. The molecule has 1 aliphatic rings. The summed E-state index contributed by atoms with van der Waals surface area (Å²) in [6.45, 7) is 0. The molecule has 0 saturated heterocycles. The van der Waals surface area contributed by atoms with Gasteiger partial charge >= 0.3 is 0 Å². The predicted octanol–water partition coefficient (Wildman–Crippen LogP) is 6.83. The van der Waals surface area contributed by atoms with Gasteiger partial charge in [0.25, 0.3) is 7.37 Å². The average Bonchev–Trinajstić information content (AvgIpc) is 2.92. The van der Waals surface area contributed by atoms with Gasteiger partial charge < -0.3 is 24.2 Å². The van der Waals surface area contributed by atoms with E-state index >= 15 is 4.57 Å². The summed E-state index contributed by atoms with van der Waals surface area (Å²) in [6.07, 6.45) is 5.12. The van der Waals surface area contributed by atoms with Crippen molar-refractivity contribution in [2.45, 2.75) is 44.0 Å². The Morgan fingerprint density at radius 2 is 1.58 bits per heavy atom. The molecular weight excluding hydrogens is 471 g/mol. The number of nitrogens with one attached hydrogen (secondary N) is 1. The van der Waals surface area contributed by atoms with E-state index in [4.69, 9.17) is 14.0 Å². The van der Waals surface area contributed by atoms with Crippen molar-refractivity contribution in [1.82, 2.24) is 0 Å². The van der Waals surface area contributed by atoms with Crippen LogP contribution in [-0.4, -0.2) is 34.4 Å². The lowest BCUT2D eigenvalue weighted by Gasteiger charge is -2.34. The number of para-hydroxylation sites is 1. The van der Waals surface area contributed by atoms with Crippen LogP contribution in [0.5, 0.6) is 11.5 Å². The first kappa shape index (κ1) is 26.1. The first-order chi connectivity index (χ1) is 17.4. The van der Waals surface area contributed by atoms with Crippen LogP contribution in [0, 0.1) is 0 Å². The highest BCUT2D eigenvalue weighted by atomic mass is 31.2. The van der Waals surface area contributed by atoms with E-state index in [1.807, 2.05) is 91.8 Å². The van der Waals surface area contributed by atoms with Crippen molar-refractivity contribution in [2.24, 2.45) is 0 Å². The molecule has 0 heterocycles. The Balaban J connectivity index is 1.88. The highest BCUT2D eigenvalue weighted by Crippen LogP contribution is 2.62. The lowest BCUT2D eigenvalue weighted by molar-refractivity contribution is 0.159. The summed E-state index contributed by atoms with van der Waals surface area (Å²) in [5, 5.41) is 4.23. The number of rotatable bonds is 10. The molecule has 0 amide bonds. The molecule has 0 unspecified atom stereocenters. The van der Waals surface area contributed by atoms with Crippen LogP contribution >= 0.6 is 7.37 Å². The van der Waals surface area contributed by atoms with E-state index in [2.05, 4.69) is 5.32 Å². The minimum atomic E-state index is -3.52. The predicted molar refractivity (Wildman–Crippen MR) is 148 cm³/mol. The third-order valence-electron chi connectivity index (χ3n) is 6.73. The van der Waals surface area contributed by atoms with Crippen LogP contribution in [0.1, 0.15) is 43.5 Å². The van der Waals surface area contributed by atoms with Gasteiger partial charge in [0.15, 0.2) is 0 Å². The second-order valence-electron chi connectivity index (χ2n) is 9.39. The summed E-state index contributed by atoms with van der Waals surface area (Å²) in [5.74, 6) is 0.608. The number of methoxy groups -OCH3 is 2. The van der Waals surface area contributed by atoms with E-state index in [1.54, 1.807) is 14.2 Å². The second kappa shape index (κ2) is 11.9. The van der Waals surface area contributed by atoms with Crippen LogP contribution in [0.15, 0.2) is 72.8 Å². The van der Waals surface area contributed by atoms with Gasteiger partial charge in [0, 0.05) is 36.3 Å². The van der Waals surface area contributed by atoms with E-state index in [9.17, 15) is 0 Å². The van der Waals surface area contributed by atoms with Gasteiger partial charge in [0.1, 0.15) is 17.3 Å². The van der Waals surface area contributed by atoms with Crippen LogP contribution in [0.25, 0.3) is 0 Å². The van der Waals surface area contributed by atoms with Crippen LogP contribution in [0.4, 0.5) is 11.4 Å². The zero-order valence-corrected chi connectivity index (χ0v) is 22.5. The van der Waals surface area contributed by atoms with Gasteiger partial charge in [-0.3, -0.25) is 4.57 Å². The first-order valence-electron chi connectivity index (χ1n) is 12.5. The maximum atomic E-state index is 15.3. The number of benzene rings is 3. The van der Waals surface area contributed by atoms with Gasteiger partial charge in [-0.1, -0.05) is 37.5 Å². The van der Waals surface area contributed by atoms with Crippen molar-refractivity contribution >= 4 is 24.0 Å². The third-order valence-corrected chi connectivity index (χ3v) is 9.45. The largest absolute Gasteiger partial charge is 0.497 e. The van der Waals surface area contributed by atoms with Crippen molar-refractivity contribution in [3.63, 3.8) is 0 Å². The molecule has 2 atom stereocenters. The minimum Gasteiger partial charge on any atom is -0.497 e. The summed E-state index contributed by atoms with van der Waals surface area (Å²) in [7, 11) is 3.72. The molecule has 1 saturated carbocycles. The van der Waals surface area contributed by atoms with Crippen molar-refractivity contribution in [1.29, 1.82) is 0 Å². The maximum Gasteiger partial charge on any atom is 0.258 e. The Hall–Kier alpha value is -2.95. The Morgan fingerprint density at radius 3 is 2.19 bits per heavy atom. The number of hydrogen-bond acceptors (Lipinski definition) is 6. The van der Waals surface area contributed by atoms with Gasteiger partial charge in [0.2, 0.25) is 0 Å². The lowest BCUT2D eigenvalue weighted by atomic mass is 9.98. The normalized spacial score (nSPS) is 16.6. The van der Waals surface area contributed by atoms with E-state index in [0.29, 0.717) is 16.8 Å². The third kappa shape index (κ3) is 5.88. The highest BCUT2D eigenvalue weighted by molar-refractivity contribution is 7.67. The van der Waals surface area contributed by atoms with Crippen molar-refractivity contribution in [2.75, 3.05) is 38.5 Å². The molecule has 7 heteroatoms. The van der Waals surface area contributed by atoms with Crippen LogP contribution < -0.4 is 25.0 Å². The zero-order chi connectivity index (χ0) is 25.5. The molecule has 0 aliphatic heterocycles. The fraction of sp³-hybridized carbons (Fsp3) is 0.379. The van der Waals surface area contributed by atoms with E-state index in [-0.39, 0.29) is 6.10 Å². The molecule has 0 aromatic heterocycles. The Bertz CT molecular complexity index is 1160. The highest BCUT2D eigenvalue weighted by Gasteiger charge is 2.42.